The zero-order chi connectivity index (χ0) is 21.1. The van der Waals surface area contributed by atoms with Crippen LogP contribution in [0.5, 0.6) is 0 Å². The van der Waals surface area contributed by atoms with Crippen molar-refractivity contribution in [2.24, 2.45) is 0 Å². The third kappa shape index (κ3) is 8.34. The molecule has 0 saturated heterocycles. The van der Waals surface area contributed by atoms with Crippen LogP contribution in [0.2, 0.25) is 0 Å². The summed E-state index contributed by atoms with van der Waals surface area (Å²) in [4.78, 5) is 23.6. The first-order chi connectivity index (χ1) is 14.0. The predicted octanol–water partition coefficient (Wildman–Crippen LogP) is 5.54. The van der Waals surface area contributed by atoms with Crippen LogP contribution in [-0.2, 0) is 25.5 Å². The Morgan fingerprint density at radius 3 is 2.31 bits per heavy atom. The van der Waals surface area contributed by atoms with Gasteiger partial charge in [-0.15, -0.1) is 0 Å². The fourth-order valence-corrected chi connectivity index (χ4v) is 2.81. The number of benzene rings is 2. The highest BCUT2D eigenvalue weighted by Gasteiger charge is 2.09. The van der Waals surface area contributed by atoms with Gasteiger partial charge in [0.05, 0.1) is 25.7 Å². The van der Waals surface area contributed by atoms with Crippen molar-refractivity contribution in [2.45, 2.75) is 51.9 Å². The highest BCUT2D eigenvalue weighted by molar-refractivity contribution is 5.77. The highest BCUT2D eigenvalue weighted by atomic mass is 16.5. The second-order valence-corrected chi connectivity index (χ2v) is 7.39. The fraction of sp³-hybridized carbons (Fsp3) is 0.360. The molecular formula is C25H30O4. The molecule has 0 fully saturated rings. The van der Waals surface area contributed by atoms with E-state index >= 15 is 0 Å². The van der Waals surface area contributed by atoms with Crippen molar-refractivity contribution < 1.29 is 19.1 Å². The summed E-state index contributed by atoms with van der Waals surface area (Å²) in [7, 11) is 0. The molecule has 1 unspecified atom stereocenters. The smallest absolute Gasteiger partial charge is 0.311 e. The summed E-state index contributed by atoms with van der Waals surface area (Å²) >= 11 is 0. The average molecular weight is 395 g/mol. The van der Waals surface area contributed by atoms with Gasteiger partial charge in [0.2, 0.25) is 0 Å². The first kappa shape index (κ1) is 22.4. The molecule has 0 aliphatic carbocycles. The molecule has 0 heterocycles. The number of hydrogen-bond acceptors (Lipinski definition) is 4. The van der Waals surface area contributed by atoms with E-state index in [-0.39, 0.29) is 24.7 Å². The molecule has 4 nitrogen and oxygen atoms in total. The van der Waals surface area contributed by atoms with Crippen LogP contribution in [0.15, 0.2) is 66.9 Å². The van der Waals surface area contributed by atoms with Crippen LogP contribution in [0, 0.1) is 0 Å². The van der Waals surface area contributed by atoms with Crippen LogP contribution in [0.3, 0.4) is 0 Å². The van der Waals surface area contributed by atoms with Gasteiger partial charge in [0.25, 0.3) is 0 Å². The molecule has 2 aromatic carbocycles. The second kappa shape index (κ2) is 11.8. The number of ether oxygens (including phenoxy) is 2. The SMILES string of the molecule is CC(C)c1cccc(C(C)/C=C/OC(=O)CCC(=O)OCCc2ccccc2)c1. The molecule has 0 amide bonds. The highest BCUT2D eigenvalue weighted by Crippen LogP contribution is 2.22. The van der Waals surface area contributed by atoms with E-state index in [0.29, 0.717) is 18.9 Å². The van der Waals surface area contributed by atoms with E-state index in [0.717, 1.165) is 5.56 Å². The molecule has 0 radical (unpaired) electrons. The minimum absolute atomic E-state index is 0.00568. The topological polar surface area (TPSA) is 52.6 Å². The minimum Gasteiger partial charge on any atom is -0.465 e. The quantitative estimate of drug-likeness (QED) is 0.392. The predicted molar refractivity (Wildman–Crippen MR) is 115 cm³/mol. The number of carbonyl (C=O) groups excluding carboxylic acids is 2. The van der Waals surface area contributed by atoms with Crippen LogP contribution in [0.4, 0.5) is 0 Å². The summed E-state index contributed by atoms with van der Waals surface area (Å²) in [6, 6.07) is 18.2. The fourth-order valence-electron chi connectivity index (χ4n) is 2.81. The molecule has 0 aliphatic heterocycles. The van der Waals surface area contributed by atoms with E-state index in [9.17, 15) is 9.59 Å². The third-order valence-corrected chi connectivity index (χ3v) is 4.70. The Morgan fingerprint density at radius 2 is 1.59 bits per heavy atom. The van der Waals surface area contributed by atoms with Gasteiger partial charge in [0.15, 0.2) is 0 Å². The molecular weight excluding hydrogens is 364 g/mol. The lowest BCUT2D eigenvalue weighted by molar-refractivity contribution is -0.147. The van der Waals surface area contributed by atoms with Crippen LogP contribution >= 0.6 is 0 Å². The van der Waals surface area contributed by atoms with E-state index in [1.54, 1.807) is 0 Å². The summed E-state index contributed by atoms with van der Waals surface area (Å²) in [5, 5.41) is 0. The van der Waals surface area contributed by atoms with Crippen molar-refractivity contribution in [1.82, 2.24) is 0 Å². The van der Waals surface area contributed by atoms with E-state index in [1.165, 1.54) is 17.4 Å². The average Bonchev–Trinajstić information content (AvgIpc) is 2.73. The normalized spacial score (nSPS) is 12.1. The van der Waals surface area contributed by atoms with E-state index < -0.39 is 5.97 Å². The maximum atomic E-state index is 11.8. The molecule has 2 aromatic rings. The lowest BCUT2D eigenvalue weighted by Crippen LogP contribution is -2.10. The first-order valence-corrected chi connectivity index (χ1v) is 10.1. The largest absolute Gasteiger partial charge is 0.465 e. The number of esters is 2. The van der Waals surface area contributed by atoms with Gasteiger partial charge in [0, 0.05) is 12.3 Å². The molecule has 0 aromatic heterocycles. The lowest BCUT2D eigenvalue weighted by Gasteiger charge is -2.11. The number of hydrogen-bond donors (Lipinski definition) is 0. The molecule has 0 N–H and O–H groups in total. The van der Waals surface area contributed by atoms with Crippen molar-refractivity contribution >= 4 is 11.9 Å². The van der Waals surface area contributed by atoms with Gasteiger partial charge in [-0.1, -0.05) is 75.4 Å². The zero-order valence-corrected chi connectivity index (χ0v) is 17.5. The van der Waals surface area contributed by atoms with E-state index in [1.807, 2.05) is 49.4 Å². The van der Waals surface area contributed by atoms with Crippen LogP contribution in [0.25, 0.3) is 0 Å². The molecule has 0 spiro atoms. The summed E-state index contributed by atoms with van der Waals surface area (Å²) in [6.45, 7) is 6.68. The molecule has 4 heteroatoms. The summed E-state index contributed by atoms with van der Waals surface area (Å²) in [5.74, 6) is -0.231. The second-order valence-electron chi connectivity index (χ2n) is 7.39. The zero-order valence-electron chi connectivity index (χ0n) is 17.5. The molecule has 0 aliphatic rings. The van der Waals surface area contributed by atoms with Crippen molar-refractivity contribution in [2.75, 3.05) is 6.61 Å². The first-order valence-electron chi connectivity index (χ1n) is 10.1. The Balaban J connectivity index is 1.67. The Labute approximate surface area is 173 Å². The van der Waals surface area contributed by atoms with Crippen molar-refractivity contribution in [3.8, 4) is 0 Å². The standard InChI is InChI=1S/C25H30O4/c1-19(2)22-10-7-11-23(18-22)20(3)14-16-28-24(26)12-13-25(27)29-17-15-21-8-5-4-6-9-21/h4-11,14,16,18-20H,12-13,15,17H2,1-3H3/b16-14+. The minimum atomic E-state index is -0.440. The van der Waals surface area contributed by atoms with Crippen molar-refractivity contribution in [3.63, 3.8) is 0 Å². The Morgan fingerprint density at radius 1 is 0.897 bits per heavy atom. The van der Waals surface area contributed by atoms with Crippen LogP contribution in [-0.4, -0.2) is 18.5 Å². The maximum Gasteiger partial charge on any atom is 0.311 e. The van der Waals surface area contributed by atoms with Crippen LogP contribution in [0.1, 0.15) is 62.1 Å². The summed E-state index contributed by atoms with van der Waals surface area (Å²) < 4.78 is 10.3. The Kier molecular flexibility index (Phi) is 9.16. The summed E-state index contributed by atoms with van der Waals surface area (Å²) in [5.41, 5.74) is 3.56. The maximum absolute atomic E-state index is 11.8. The van der Waals surface area contributed by atoms with Gasteiger partial charge < -0.3 is 9.47 Å². The van der Waals surface area contributed by atoms with E-state index in [4.69, 9.17) is 9.47 Å². The number of carbonyl (C=O) groups is 2. The molecule has 2 rings (SSSR count). The molecule has 0 saturated carbocycles. The Bertz CT molecular complexity index is 809. The van der Waals surface area contributed by atoms with Gasteiger partial charge in [-0.3, -0.25) is 9.59 Å². The Hall–Kier alpha value is -2.88. The number of rotatable bonds is 10. The van der Waals surface area contributed by atoms with Gasteiger partial charge in [0.1, 0.15) is 0 Å². The molecule has 29 heavy (non-hydrogen) atoms. The lowest BCUT2D eigenvalue weighted by atomic mass is 9.95. The van der Waals surface area contributed by atoms with Gasteiger partial charge in [-0.25, -0.2) is 0 Å². The van der Waals surface area contributed by atoms with Crippen LogP contribution < -0.4 is 0 Å². The number of allylic oxidation sites excluding steroid dienone is 1. The van der Waals surface area contributed by atoms with Crippen molar-refractivity contribution in [3.05, 3.63) is 83.6 Å². The van der Waals surface area contributed by atoms with Crippen molar-refractivity contribution in [1.29, 1.82) is 0 Å². The van der Waals surface area contributed by atoms with Gasteiger partial charge in [-0.05, 0) is 28.7 Å². The molecule has 154 valence electrons. The third-order valence-electron chi connectivity index (χ3n) is 4.70. The summed E-state index contributed by atoms with van der Waals surface area (Å²) in [6.07, 6.45) is 3.94. The van der Waals surface area contributed by atoms with Gasteiger partial charge >= 0.3 is 11.9 Å². The van der Waals surface area contributed by atoms with E-state index in [2.05, 4.69) is 32.0 Å². The molecule has 1 atom stereocenters. The molecule has 0 bridgehead atoms. The van der Waals surface area contributed by atoms with Gasteiger partial charge in [-0.2, -0.15) is 0 Å². The monoisotopic (exact) mass is 394 g/mol.